The molecule has 7 nitrogen and oxygen atoms in total. The van der Waals surface area contributed by atoms with Crippen molar-refractivity contribution in [2.75, 3.05) is 18.0 Å². The van der Waals surface area contributed by atoms with Crippen molar-refractivity contribution in [3.05, 3.63) is 77.2 Å². The quantitative estimate of drug-likeness (QED) is 0.442. The third kappa shape index (κ3) is 3.80. The van der Waals surface area contributed by atoms with Crippen molar-refractivity contribution in [2.45, 2.75) is 19.4 Å². The van der Waals surface area contributed by atoms with Crippen molar-refractivity contribution in [3.8, 4) is 22.2 Å². The van der Waals surface area contributed by atoms with E-state index in [0.717, 1.165) is 22.5 Å². The highest BCUT2D eigenvalue weighted by Gasteiger charge is 2.38. The molecule has 0 bridgehead atoms. The van der Waals surface area contributed by atoms with Crippen LogP contribution in [0.2, 0.25) is 0 Å². The van der Waals surface area contributed by atoms with Crippen LogP contribution < -0.4 is 4.90 Å². The molecule has 0 N–H and O–H groups in total. The molecule has 0 spiro atoms. The van der Waals surface area contributed by atoms with E-state index >= 15 is 0 Å². The number of benzene rings is 2. The van der Waals surface area contributed by atoms with E-state index in [2.05, 4.69) is 22.3 Å². The summed E-state index contributed by atoms with van der Waals surface area (Å²) in [6.07, 6.45) is 1.08. The van der Waals surface area contributed by atoms with Crippen LogP contribution in [0.4, 0.5) is 5.69 Å². The largest absolute Gasteiger partial charge is 0.338 e. The molecule has 34 heavy (non-hydrogen) atoms. The van der Waals surface area contributed by atoms with Gasteiger partial charge in [-0.1, -0.05) is 47.6 Å². The molecule has 2 amide bonds. The van der Waals surface area contributed by atoms with Gasteiger partial charge in [-0.05, 0) is 41.1 Å². The highest BCUT2D eigenvalue weighted by Crippen LogP contribution is 2.31. The molecular formula is C26H22N4O3S. The second-order valence-electron chi connectivity index (χ2n) is 8.63. The summed E-state index contributed by atoms with van der Waals surface area (Å²) in [5.74, 6) is 0.621. The number of carbonyl (C=O) groups excluding carboxylic acids is 2. The molecule has 2 aromatic heterocycles. The van der Waals surface area contributed by atoms with Gasteiger partial charge in [0, 0.05) is 37.3 Å². The van der Waals surface area contributed by atoms with E-state index in [1.165, 1.54) is 22.5 Å². The molecule has 0 radical (unpaired) electrons. The van der Waals surface area contributed by atoms with Gasteiger partial charge in [0.05, 0.1) is 10.8 Å². The van der Waals surface area contributed by atoms with E-state index in [-0.39, 0.29) is 24.2 Å². The lowest BCUT2D eigenvalue weighted by Gasteiger charge is -2.30. The van der Waals surface area contributed by atoms with Gasteiger partial charge in [0.1, 0.15) is 0 Å². The van der Waals surface area contributed by atoms with Gasteiger partial charge in [-0.15, -0.1) is 11.3 Å². The summed E-state index contributed by atoms with van der Waals surface area (Å²) in [5, 5.41) is 6.07. The molecule has 4 heterocycles. The van der Waals surface area contributed by atoms with Crippen LogP contribution in [0.1, 0.15) is 17.5 Å². The minimum atomic E-state index is -0.336. The Bertz CT molecular complexity index is 1360. The summed E-state index contributed by atoms with van der Waals surface area (Å²) in [6.45, 7) is 1.69. The van der Waals surface area contributed by atoms with Crippen LogP contribution in [0.3, 0.4) is 0 Å². The van der Waals surface area contributed by atoms with Crippen molar-refractivity contribution in [1.82, 2.24) is 15.0 Å². The maximum Gasteiger partial charge on any atom is 0.268 e. The topological polar surface area (TPSA) is 79.5 Å². The standard InChI is InChI=1S/C26H22N4O3S/c31-23-14-20(26(32)29-11-10-17-5-1-2-6-19(17)15-29)16-30(23)21-8-3-7-18(13-21)24-27-25(33-28-24)22-9-4-12-34-22/h1-9,12-13,20H,10-11,14-16H2/t20-/m1/s1. The highest BCUT2D eigenvalue weighted by molar-refractivity contribution is 7.13. The van der Waals surface area contributed by atoms with Crippen molar-refractivity contribution in [3.63, 3.8) is 0 Å². The Hall–Kier alpha value is -3.78. The van der Waals surface area contributed by atoms with E-state index in [1.807, 2.05) is 58.8 Å². The summed E-state index contributed by atoms with van der Waals surface area (Å²) < 4.78 is 5.41. The Labute approximate surface area is 200 Å². The number of rotatable bonds is 4. The average molecular weight is 471 g/mol. The smallest absolute Gasteiger partial charge is 0.268 e. The Morgan fingerprint density at radius 1 is 1.06 bits per heavy atom. The van der Waals surface area contributed by atoms with Gasteiger partial charge < -0.3 is 14.3 Å². The SMILES string of the molecule is O=C([C@@H]1CC(=O)N(c2cccc(-c3noc(-c4cccs4)n3)c2)C1)N1CCc2ccccc2C1. The van der Waals surface area contributed by atoms with Gasteiger partial charge >= 0.3 is 0 Å². The zero-order chi connectivity index (χ0) is 23.1. The number of anilines is 1. The molecule has 0 saturated carbocycles. The average Bonchev–Trinajstić information content (AvgIpc) is 3.64. The van der Waals surface area contributed by atoms with Crippen molar-refractivity contribution in [1.29, 1.82) is 0 Å². The monoisotopic (exact) mass is 470 g/mol. The van der Waals surface area contributed by atoms with Crippen LogP contribution in [0.25, 0.3) is 22.2 Å². The van der Waals surface area contributed by atoms with E-state index in [9.17, 15) is 9.59 Å². The van der Waals surface area contributed by atoms with E-state index < -0.39 is 0 Å². The summed E-state index contributed by atoms with van der Waals surface area (Å²) in [5.41, 5.74) is 4.00. The molecule has 2 aromatic carbocycles. The predicted octanol–water partition coefficient (Wildman–Crippen LogP) is 4.40. The zero-order valence-electron chi connectivity index (χ0n) is 18.4. The fourth-order valence-corrected chi connectivity index (χ4v) is 5.36. The predicted molar refractivity (Wildman–Crippen MR) is 129 cm³/mol. The maximum absolute atomic E-state index is 13.3. The molecule has 0 aliphatic carbocycles. The van der Waals surface area contributed by atoms with Gasteiger partial charge in [0.2, 0.25) is 17.6 Å². The first-order chi connectivity index (χ1) is 16.7. The first-order valence-electron chi connectivity index (χ1n) is 11.3. The van der Waals surface area contributed by atoms with Crippen molar-refractivity contribution in [2.24, 2.45) is 5.92 Å². The van der Waals surface area contributed by atoms with Crippen LogP contribution in [-0.2, 0) is 22.6 Å². The molecule has 6 rings (SSSR count). The molecule has 2 aliphatic rings. The molecular weight excluding hydrogens is 448 g/mol. The number of thiophene rings is 1. The molecule has 1 atom stereocenters. The number of aromatic nitrogens is 2. The normalized spacial score (nSPS) is 17.8. The number of fused-ring (bicyclic) bond motifs is 1. The first kappa shape index (κ1) is 20.8. The molecule has 4 aromatic rings. The van der Waals surface area contributed by atoms with Gasteiger partial charge in [-0.3, -0.25) is 9.59 Å². The van der Waals surface area contributed by atoms with Crippen LogP contribution in [0, 0.1) is 5.92 Å². The Morgan fingerprint density at radius 3 is 2.79 bits per heavy atom. The van der Waals surface area contributed by atoms with Crippen LogP contribution >= 0.6 is 11.3 Å². The lowest BCUT2D eigenvalue weighted by Crippen LogP contribution is -2.40. The number of amides is 2. The van der Waals surface area contributed by atoms with E-state index in [1.54, 1.807) is 4.90 Å². The molecule has 0 unspecified atom stereocenters. The van der Waals surface area contributed by atoms with Gasteiger partial charge in [-0.25, -0.2) is 0 Å². The fourth-order valence-electron chi connectivity index (χ4n) is 4.72. The second-order valence-corrected chi connectivity index (χ2v) is 9.58. The van der Waals surface area contributed by atoms with Crippen LogP contribution in [-0.4, -0.2) is 39.9 Å². The summed E-state index contributed by atoms with van der Waals surface area (Å²) in [6, 6.07) is 19.6. The number of nitrogens with zero attached hydrogens (tertiary/aromatic N) is 4. The third-order valence-electron chi connectivity index (χ3n) is 6.49. The summed E-state index contributed by atoms with van der Waals surface area (Å²) in [7, 11) is 0. The fraction of sp³-hybridized carbons (Fsp3) is 0.231. The first-order valence-corrected chi connectivity index (χ1v) is 12.2. The number of hydrogen-bond donors (Lipinski definition) is 0. The van der Waals surface area contributed by atoms with Gasteiger partial charge in [0.15, 0.2) is 0 Å². The van der Waals surface area contributed by atoms with Gasteiger partial charge in [0.25, 0.3) is 5.89 Å². The minimum Gasteiger partial charge on any atom is -0.338 e. The van der Waals surface area contributed by atoms with Gasteiger partial charge in [-0.2, -0.15) is 4.98 Å². The lowest BCUT2D eigenvalue weighted by atomic mass is 9.98. The maximum atomic E-state index is 13.3. The minimum absolute atomic E-state index is 0.0414. The molecule has 1 fully saturated rings. The number of hydrogen-bond acceptors (Lipinski definition) is 6. The second kappa shape index (κ2) is 8.53. The highest BCUT2D eigenvalue weighted by atomic mass is 32.1. The molecule has 8 heteroatoms. The third-order valence-corrected chi connectivity index (χ3v) is 7.35. The Kier molecular flexibility index (Phi) is 5.22. The molecule has 170 valence electrons. The van der Waals surface area contributed by atoms with Crippen molar-refractivity contribution >= 4 is 28.8 Å². The van der Waals surface area contributed by atoms with Crippen molar-refractivity contribution < 1.29 is 14.1 Å². The van der Waals surface area contributed by atoms with Crippen LogP contribution in [0.15, 0.2) is 70.6 Å². The summed E-state index contributed by atoms with van der Waals surface area (Å²) >= 11 is 1.53. The zero-order valence-corrected chi connectivity index (χ0v) is 19.2. The van der Waals surface area contributed by atoms with Crippen LogP contribution in [0.5, 0.6) is 0 Å². The number of carbonyl (C=O) groups is 2. The molecule has 1 saturated heterocycles. The molecule has 2 aliphatic heterocycles. The lowest BCUT2D eigenvalue weighted by molar-refractivity contribution is -0.136. The Morgan fingerprint density at radius 2 is 1.94 bits per heavy atom. The summed E-state index contributed by atoms with van der Waals surface area (Å²) in [4.78, 5) is 35.1. The van der Waals surface area contributed by atoms with E-state index in [0.29, 0.717) is 31.3 Å². The van der Waals surface area contributed by atoms with E-state index in [4.69, 9.17) is 4.52 Å². The Balaban J connectivity index is 1.18.